The number of hydrogen-bond donors (Lipinski definition) is 7. The highest BCUT2D eigenvalue weighted by Gasteiger charge is 2.50. The van der Waals surface area contributed by atoms with Gasteiger partial charge in [0.15, 0.2) is 0 Å². The number of nitrogens with zero attached hydrogens (tertiary/aromatic N) is 4. The average Bonchev–Trinajstić information content (AvgIpc) is 3.37. The maximum atomic E-state index is 11.4. The molecule has 1 saturated carbocycles. The predicted octanol–water partition coefficient (Wildman–Crippen LogP) is -0.684. The summed E-state index contributed by atoms with van der Waals surface area (Å²) in [4.78, 5) is 11.0. The molecule has 1 fully saturated rings. The van der Waals surface area contributed by atoms with Crippen molar-refractivity contribution >= 4 is 11.4 Å². The number of unbranched alkanes of at least 4 members (excludes halogenated alkanes) is 3. The van der Waals surface area contributed by atoms with Crippen molar-refractivity contribution in [2.45, 2.75) is 62.1 Å². The minimum Gasteiger partial charge on any atom is -0.393 e. The lowest BCUT2D eigenvalue weighted by Gasteiger charge is -2.45. The van der Waals surface area contributed by atoms with E-state index in [9.17, 15) is 35.6 Å². The van der Waals surface area contributed by atoms with Crippen LogP contribution in [0, 0.1) is 10.1 Å². The van der Waals surface area contributed by atoms with Crippen molar-refractivity contribution in [1.82, 2.24) is 20.3 Å². The Bertz CT molecular complexity index is 930. The summed E-state index contributed by atoms with van der Waals surface area (Å²) < 4.78 is 1.45. The van der Waals surface area contributed by atoms with Crippen LogP contribution < -0.4 is 10.6 Å². The predicted molar refractivity (Wildman–Crippen MR) is 121 cm³/mol. The third-order valence-electron chi connectivity index (χ3n) is 6.17. The first-order valence-electron chi connectivity index (χ1n) is 11.3. The first kappa shape index (κ1) is 25.9. The van der Waals surface area contributed by atoms with Crippen LogP contribution in [0.2, 0.25) is 0 Å². The van der Waals surface area contributed by atoms with Crippen molar-refractivity contribution in [3.63, 3.8) is 0 Å². The van der Waals surface area contributed by atoms with E-state index >= 15 is 0 Å². The summed E-state index contributed by atoms with van der Waals surface area (Å²) in [6.45, 7) is 0.366. The van der Waals surface area contributed by atoms with Gasteiger partial charge < -0.3 is 36.2 Å². The van der Waals surface area contributed by atoms with Gasteiger partial charge in [-0.3, -0.25) is 10.1 Å². The van der Waals surface area contributed by atoms with Crippen molar-refractivity contribution in [1.29, 1.82) is 0 Å². The van der Waals surface area contributed by atoms with Gasteiger partial charge in [0.2, 0.25) is 0 Å². The van der Waals surface area contributed by atoms with Crippen LogP contribution in [-0.4, -0.2) is 95.1 Å². The molecule has 0 radical (unpaired) electrons. The fourth-order valence-corrected chi connectivity index (χ4v) is 4.14. The SMILES string of the molecule is O=[N+]([O-])c1cc(-n2ccnn2)ccc1NCCCCCCN[C@H]1C[C@](O)(CO)[C@@H](O)[C@H](O)[C@H]1O. The standard InChI is InChI=1S/C21H32N6O7/c28-13-21(32)12-16(18(29)19(30)20(21)31)23-8-4-2-1-3-7-22-15-6-5-14(11-17(15)27(33)34)26-10-9-24-25-26/h5-6,9-11,16,18-20,22-23,28-32H,1-4,7-8,12-13H2/t16-,18-,19+,20-,21-/m0/s1. The smallest absolute Gasteiger partial charge is 0.294 e. The number of benzene rings is 1. The Morgan fingerprint density at radius 1 is 1.15 bits per heavy atom. The molecule has 0 unspecified atom stereocenters. The van der Waals surface area contributed by atoms with E-state index in [1.807, 2.05) is 0 Å². The van der Waals surface area contributed by atoms with Gasteiger partial charge in [-0.1, -0.05) is 18.1 Å². The Morgan fingerprint density at radius 2 is 1.88 bits per heavy atom. The molecule has 1 aliphatic rings. The first-order valence-corrected chi connectivity index (χ1v) is 11.3. The van der Waals surface area contributed by atoms with Crippen LogP contribution in [0.4, 0.5) is 11.4 Å². The molecule has 13 heteroatoms. The van der Waals surface area contributed by atoms with Gasteiger partial charge in [0, 0.05) is 18.7 Å². The highest BCUT2D eigenvalue weighted by Crippen LogP contribution is 2.30. The molecule has 0 spiro atoms. The lowest BCUT2D eigenvalue weighted by molar-refractivity contribution is -0.383. The summed E-state index contributed by atoms with van der Waals surface area (Å²) in [6.07, 6.45) is 1.89. The zero-order valence-corrected chi connectivity index (χ0v) is 18.7. The van der Waals surface area contributed by atoms with Gasteiger partial charge in [0.05, 0.1) is 35.7 Å². The molecule has 13 nitrogen and oxygen atoms in total. The number of anilines is 1. The van der Waals surface area contributed by atoms with Crippen LogP contribution in [0.3, 0.4) is 0 Å². The summed E-state index contributed by atoms with van der Waals surface area (Å²) in [5.41, 5.74) is -0.931. The lowest BCUT2D eigenvalue weighted by Crippen LogP contribution is -2.66. The number of nitrogens with one attached hydrogen (secondary N) is 2. The molecule has 3 rings (SSSR count). The zero-order valence-electron chi connectivity index (χ0n) is 18.7. The third-order valence-corrected chi connectivity index (χ3v) is 6.17. The van der Waals surface area contributed by atoms with Gasteiger partial charge in [-0.25, -0.2) is 4.68 Å². The molecular formula is C21H32N6O7. The third kappa shape index (κ3) is 6.05. The Hall–Kier alpha value is -2.68. The van der Waals surface area contributed by atoms with Gasteiger partial charge in [0.25, 0.3) is 5.69 Å². The van der Waals surface area contributed by atoms with Crippen LogP contribution in [0.5, 0.6) is 0 Å². The van der Waals surface area contributed by atoms with Gasteiger partial charge >= 0.3 is 0 Å². The normalized spacial score (nSPS) is 27.0. The van der Waals surface area contributed by atoms with Crippen molar-refractivity contribution < 1.29 is 30.5 Å². The van der Waals surface area contributed by atoms with Gasteiger partial charge in [0.1, 0.15) is 23.5 Å². The lowest BCUT2D eigenvalue weighted by atomic mass is 9.76. The van der Waals surface area contributed by atoms with E-state index in [2.05, 4.69) is 20.9 Å². The summed E-state index contributed by atoms with van der Waals surface area (Å²) in [7, 11) is 0. The quantitative estimate of drug-likeness (QED) is 0.115. The molecule has 1 heterocycles. The van der Waals surface area contributed by atoms with E-state index in [1.54, 1.807) is 18.3 Å². The second kappa shape index (κ2) is 11.6. The molecule has 2 aromatic rings. The van der Waals surface area contributed by atoms with E-state index in [0.29, 0.717) is 24.5 Å². The summed E-state index contributed by atoms with van der Waals surface area (Å²) in [5, 5.41) is 74.7. The molecule has 1 aromatic carbocycles. The molecular weight excluding hydrogens is 448 g/mol. The topological polar surface area (TPSA) is 199 Å². The van der Waals surface area contributed by atoms with Crippen LogP contribution in [0.1, 0.15) is 32.1 Å². The molecule has 0 aliphatic heterocycles. The number of aliphatic hydroxyl groups is 5. The number of nitro benzene ring substituents is 1. The van der Waals surface area contributed by atoms with Crippen molar-refractivity contribution in [2.24, 2.45) is 0 Å². The van der Waals surface area contributed by atoms with Gasteiger partial charge in [-0.15, -0.1) is 5.10 Å². The molecule has 188 valence electrons. The van der Waals surface area contributed by atoms with E-state index in [4.69, 9.17) is 0 Å². The van der Waals surface area contributed by atoms with E-state index in [1.165, 1.54) is 16.9 Å². The summed E-state index contributed by atoms with van der Waals surface area (Å²) >= 11 is 0. The molecule has 34 heavy (non-hydrogen) atoms. The van der Waals surface area contributed by atoms with Crippen LogP contribution >= 0.6 is 0 Å². The highest BCUT2D eigenvalue weighted by molar-refractivity contribution is 5.65. The van der Waals surface area contributed by atoms with Crippen LogP contribution in [-0.2, 0) is 0 Å². The molecule has 0 amide bonds. The van der Waals surface area contributed by atoms with Gasteiger partial charge in [-0.2, -0.15) is 0 Å². The van der Waals surface area contributed by atoms with Crippen LogP contribution in [0.25, 0.3) is 5.69 Å². The average molecular weight is 481 g/mol. The van der Waals surface area contributed by atoms with Gasteiger partial charge in [-0.05, 0) is 37.9 Å². The Morgan fingerprint density at radius 3 is 2.53 bits per heavy atom. The molecule has 1 aromatic heterocycles. The fourth-order valence-electron chi connectivity index (χ4n) is 4.14. The second-order valence-corrected chi connectivity index (χ2v) is 8.60. The highest BCUT2D eigenvalue weighted by atomic mass is 16.6. The number of aliphatic hydroxyl groups excluding tert-OH is 4. The molecule has 7 N–H and O–H groups in total. The largest absolute Gasteiger partial charge is 0.393 e. The monoisotopic (exact) mass is 480 g/mol. The van der Waals surface area contributed by atoms with Crippen LogP contribution in [0.15, 0.2) is 30.6 Å². The van der Waals surface area contributed by atoms with Crippen molar-refractivity contribution in [3.05, 3.63) is 40.7 Å². The second-order valence-electron chi connectivity index (χ2n) is 8.60. The minimum absolute atomic E-state index is 0.0432. The summed E-state index contributed by atoms with van der Waals surface area (Å²) in [5.74, 6) is 0. The van der Waals surface area contributed by atoms with E-state index in [0.717, 1.165) is 25.7 Å². The maximum Gasteiger partial charge on any atom is 0.294 e. The number of hydrogen-bond acceptors (Lipinski definition) is 11. The van der Waals surface area contributed by atoms with E-state index < -0.39 is 41.5 Å². The minimum atomic E-state index is -1.86. The van der Waals surface area contributed by atoms with E-state index in [-0.39, 0.29) is 12.1 Å². The summed E-state index contributed by atoms with van der Waals surface area (Å²) in [6, 6.07) is 4.16. The first-order chi connectivity index (χ1) is 16.3. The Labute approximate surface area is 196 Å². The fraction of sp³-hybridized carbons (Fsp3) is 0.619. The Kier molecular flexibility index (Phi) is 8.88. The number of nitro groups is 1. The molecule has 5 atom stereocenters. The van der Waals surface area contributed by atoms with Crippen molar-refractivity contribution in [3.8, 4) is 5.69 Å². The molecule has 0 saturated heterocycles. The maximum absolute atomic E-state index is 11.4. The van der Waals surface area contributed by atoms with Crippen molar-refractivity contribution in [2.75, 3.05) is 25.0 Å². The molecule has 1 aliphatic carbocycles. The number of rotatable bonds is 12. The zero-order chi connectivity index (χ0) is 24.7. The number of aromatic nitrogens is 3. The Balaban J connectivity index is 1.37. The molecule has 0 bridgehead atoms.